The molecule has 1 fully saturated rings. The Morgan fingerprint density at radius 2 is 2.13 bits per heavy atom. The summed E-state index contributed by atoms with van der Waals surface area (Å²) >= 11 is 4.67. The molecule has 0 atom stereocenters. The Morgan fingerprint density at radius 3 is 2.67 bits per heavy atom. The van der Waals surface area contributed by atoms with Crippen molar-refractivity contribution in [3.63, 3.8) is 0 Å². The first-order valence-corrected chi connectivity index (χ1v) is 5.55. The van der Waals surface area contributed by atoms with Crippen LogP contribution in [-0.2, 0) is 9.53 Å². The SMILES string of the molecule is CC1(CNC(=O)CC(N)=S)CCOCC1. The van der Waals surface area contributed by atoms with Gasteiger partial charge in [0.15, 0.2) is 0 Å². The molecular weight excluding hydrogens is 212 g/mol. The van der Waals surface area contributed by atoms with Gasteiger partial charge in [0, 0.05) is 19.8 Å². The maximum absolute atomic E-state index is 11.3. The van der Waals surface area contributed by atoms with E-state index in [1.165, 1.54) is 0 Å². The minimum absolute atomic E-state index is 0.0878. The third-order valence-corrected chi connectivity index (χ3v) is 2.89. The van der Waals surface area contributed by atoms with E-state index in [4.69, 9.17) is 10.5 Å². The average Bonchev–Trinajstić information content (AvgIpc) is 2.15. The Kier molecular flexibility index (Phi) is 4.47. The van der Waals surface area contributed by atoms with Gasteiger partial charge in [0.05, 0.1) is 11.4 Å². The van der Waals surface area contributed by atoms with Gasteiger partial charge in [0.1, 0.15) is 0 Å². The fourth-order valence-electron chi connectivity index (χ4n) is 1.57. The summed E-state index contributed by atoms with van der Waals surface area (Å²) in [6.07, 6.45) is 2.11. The van der Waals surface area contributed by atoms with E-state index in [0.29, 0.717) is 6.54 Å². The van der Waals surface area contributed by atoms with Gasteiger partial charge in [0.25, 0.3) is 0 Å². The van der Waals surface area contributed by atoms with Gasteiger partial charge in [-0.25, -0.2) is 0 Å². The summed E-state index contributed by atoms with van der Waals surface area (Å²) in [6.45, 7) is 4.40. The van der Waals surface area contributed by atoms with Crippen molar-refractivity contribution in [1.82, 2.24) is 5.32 Å². The first-order valence-electron chi connectivity index (χ1n) is 5.15. The van der Waals surface area contributed by atoms with Crippen molar-refractivity contribution in [2.75, 3.05) is 19.8 Å². The second kappa shape index (κ2) is 5.42. The highest BCUT2D eigenvalue weighted by molar-refractivity contribution is 7.80. The number of hydrogen-bond donors (Lipinski definition) is 2. The van der Waals surface area contributed by atoms with Crippen LogP contribution in [0.2, 0.25) is 0 Å². The molecule has 0 aromatic carbocycles. The van der Waals surface area contributed by atoms with E-state index in [1.54, 1.807) is 0 Å². The molecule has 1 heterocycles. The molecule has 86 valence electrons. The smallest absolute Gasteiger partial charge is 0.226 e. The molecule has 0 aromatic rings. The third-order valence-electron chi connectivity index (χ3n) is 2.75. The fourth-order valence-corrected chi connectivity index (χ4v) is 1.70. The van der Waals surface area contributed by atoms with Crippen LogP contribution in [0.5, 0.6) is 0 Å². The van der Waals surface area contributed by atoms with E-state index in [9.17, 15) is 4.79 Å². The third kappa shape index (κ3) is 4.57. The summed E-state index contributed by atoms with van der Waals surface area (Å²) in [5.41, 5.74) is 5.44. The predicted molar refractivity (Wildman–Crippen MR) is 62.6 cm³/mol. The van der Waals surface area contributed by atoms with Crippen molar-refractivity contribution < 1.29 is 9.53 Å². The molecule has 0 saturated carbocycles. The largest absolute Gasteiger partial charge is 0.393 e. The Labute approximate surface area is 95.5 Å². The fraction of sp³-hybridized carbons (Fsp3) is 0.800. The molecular formula is C10H18N2O2S. The van der Waals surface area contributed by atoms with Crippen LogP contribution in [0.25, 0.3) is 0 Å². The first-order chi connectivity index (χ1) is 7.02. The number of thiocarbonyl (C=S) groups is 1. The standard InChI is InChI=1S/C10H18N2O2S/c1-10(2-4-14-5-3-10)7-12-9(13)6-8(11)15/h2-7H2,1H3,(H2,11,15)(H,12,13). The molecule has 3 N–H and O–H groups in total. The number of ether oxygens (including phenoxy) is 1. The molecule has 0 bridgehead atoms. The van der Waals surface area contributed by atoms with E-state index < -0.39 is 0 Å². The summed E-state index contributed by atoms with van der Waals surface area (Å²) in [4.78, 5) is 11.6. The lowest BCUT2D eigenvalue weighted by molar-refractivity contribution is -0.120. The van der Waals surface area contributed by atoms with Crippen LogP contribution in [0.3, 0.4) is 0 Å². The molecule has 1 saturated heterocycles. The molecule has 0 aliphatic carbocycles. The number of hydrogen-bond acceptors (Lipinski definition) is 3. The van der Waals surface area contributed by atoms with Crippen LogP contribution in [-0.4, -0.2) is 30.7 Å². The van der Waals surface area contributed by atoms with E-state index in [-0.39, 0.29) is 22.7 Å². The summed E-state index contributed by atoms with van der Waals surface area (Å²) in [5.74, 6) is -0.0878. The minimum Gasteiger partial charge on any atom is -0.393 e. The lowest BCUT2D eigenvalue weighted by atomic mass is 9.82. The molecule has 0 radical (unpaired) electrons. The van der Waals surface area contributed by atoms with E-state index in [0.717, 1.165) is 26.1 Å². The molecule has 1 aliphatic heterocycles. The van der Waals surface area contributed by atoms with E-state index >= 15 is 0 Å². The van der Waals surface area contributed by atoms with Crippen molar-refractivity contribution in [3.8, 4) is 0 Å². The normalized spacial score (nSPS) is 19.5. The van der Waals surface area contributed by atoms with Crippen LogP contribution in [0, 0.1) is 5.41 Å². The Hall–Kier alpha value is -0.680. The molecule has 4 nitrogen and oxygen atoms in total. The average molecular weight is 230 g/mol. The van der Waals surface area contributed by atoms with Crippen molar-refractivity contribution in [2.45, 2.75) is 26.2 Å². The quantitative estimate of drug-likeness (QED) is 0.694. The number of nitrogens with one attached hydrogen (secondary N) is 1. The zero-order valence-corrected chi connectivity index (χ0v) is 9.86. The van der Waals surface area contributed by atoms with E-state index in [2.05, 4.69) is 24.5 Å². The minimum atomic E-state index is -0.0878. The van der Waals surface area contributed by atoms with Gasteiger partial charge in [-0.05, 0) is 18.3 Å². The van der Waals surface area contributed by atoms with Gasteiger partial charge < -0.3 is 15.8 Å². The number of carbonyl (C=O) groups excluding carboxylic acids is 1. The van der Waals surface area contributed by atoms with Crippen LogP contribution in [0.15, 0.2) is 0 Å². The topological polar surface area (TPSA) is 64.4 Å². The maximum Gasteiger partial charge on any atom is 0.226 e. The van der Waals surface area contributed by atoms with Gasteiger partial charge >= 0.3 is 0 Å². The highest BCUT2D eigenvalue weighted by Gasteiger charge is 2.27. The van der Waals surface area contributed by atoms with Crippen molar-refractivity contribution in [3.05, 3.63) is 0 Å². The summed E-state index contributed by atoms with van der Waals surface area (Å²) in [6, 6.07) is 0. The Balaban J connectivity index is 2.28. The predicted octanol–water partition coefficient (Wildman–Crippen LogP) is 0.595. The van der Waals surface area contributed by atoms with Crippen molar-refractivity contribution in [2.24, 2.45) is 11.1 Å². The van der Waals surface area contributed by atoms with Gasteiger partial charge in [-0.1, -0.05) is 19.1 Å². The monoisotopic (exact) mass is 230 g/mol. The second-order valence-corrected chi connectivity index (χ2v) is 4.87. The highest BCUT2D eigenvalue weighted by atomic mass is 32.1. The second-order valence-electron chi connectivity index (χ2n) is 4.34. The summed E-state index contributed by atoms with van der Waals surface area (Å²) in [5, 5.41) is 2.86. The number of rotatable bonds is 4. The van der Waals surface area contributed by atoms with E-state index in [1.807, 2.05) is 0 Å². The zero-order valence-electron chi connectivity index (χ0n) is 9.04. The molecule has 1 aliphatic rings. The van der Waals surface area contributed by atoms with Crippen LogP contribution >= 0.6 is 12.2 Å². The number of carbonyl (C=O) groups is 1. The number of amides is 1. The molecule has 0 unspecified atom stereocenters. The number of nitrogens with two attached hydrogens (primary N) is 1. The Morgan fingerprint density at radius 1 is 1.53 bits per heavy atom. The van der Waals surface area contributed by atoms with Gasteiger partial charge in [-0.3, -0.25) is 4.79 Å². The van der Waals surface area contributed by atoms with Crippen LogP contribution < -0.4 is 11.1 Å². The molecule has 15 heavy (non-hydrogen) atoms. The summed E-state index contributed by atoms with van der Waals surface area (Å²) < 4.78 is 5.28. The van der Waals surface area contributed by atoms with Gasteiger partial charge in [0.2, 0.25) is 5.91 Å². The summed E-state index contributed by atoms with van der Waals surface area (Å²) in [7, 11) is 0. The molecule has 5 heteroatoms. The molecule has 0 spiro atoms. The molecule has 1 rings (SSSR count). The van der Waals surface area contributed by atoms with Crippen LogP contribution in [0.4, 0.5) is 0 Å². The lowest BCUT2D eigenvalue weighted by Gasteiger charge is -2.33. The Bertz CT molecular complexity index is 250. The first kappa shape index (κ1) is 12.4. The molecule has 0 aromatic heterocycles. The van der Waals surface area contributed by atoms with Crippen LogP contribution in [0.1, 0.15) is 26.2 Å². The lowest BCUT2D eigenvalue weighted by Crippen LogP contribution is -2.40. The maximum atomic E-state index is 11.3. The highest BCUT2D eigenvalue weighted by Crippen LogP contribution is 2.28. The van der Waals surface area contributed by atoms with Crippen molar-refractivity contribution in [1.29, 1.82) is 0 Å². The van der Waals surface area contributed by atoms with Gasteiger partial charge in [-0.2, -0.15) is 0 Å². The zero-order chi connectivity index (χ0) is 11.3. The van der Waals surface area contributed by atoms with Crippen molar-refractivity contribution >= 4 is 23.1 Å². The molecule has 1 amide bonds. The van der Waals surface area contributed by atoms with Gasteiger partial charge in [-0.15, -0.1) is 0 Å².